The van der Waals surface area contributed by atoms with E-state index < -0.39 is 17.6 Å². The van der Waals surface area contributed by atoms with Gasteiger partial charge in [0.1, 0.15) is 11.6 Å². The standard InChI is InChI=1S/C12H17BrN2O2/c1-12(2,3)17-11(16)10(14)7-9-6-8(13)4-5-15-9/h4-6,10H,7,14H2,1-3H3/t10-/m0/s1. The van der Waals surface area contributed by atoms with E-state index in [1.165, 1.54) is 0 Å². The minimum absolute atomic E-state index is 0.369. The Hall–Kier alpha value is -0.940. The quantitative estimate of drug-likeness (QED) is 0.868. The highest BCUT2D eigenvalue weighted by Crippen LogP contribution is 2.12. The Kier molecular flexibility index (Phi) is 4.65. The van der Waals surface area contributed by atoms with Crippen LogP contribution in [0.1, 0.15) is 26.5 Å². The monoisotopic (exact) mass is 300 g/mol. The van der Waals surface area contributed by atoms with Gasteiger partial charge in [0.2, 0.25) is 0 Å². The van der Waals surface area contributed by atoms with Crippen molar-refractivity contribution in [3.8, 4) is 0 Å². The Labute approximate surface area is 110 Å². The molecule has 1 rings (SSSR count). The molecule has 4 nitrogen and oxygen atoms in total. The number of nitrogens with zero attached hydrogens (tertiary/aromatic N) is 1. The molecule has 0 aliphatic heterocycles. The normalized spacial score (nSPS) is 13.2. The lowest BCUT2D eigenvalue weighted by atomic mass is 10.1. The molecular weight excluding hydrogens is 284 g/mol. The van der Waals surface area contributed by atoms with E-state index in [1.807, 2.05) is 32.9 Å². The summed E-state index contributed by atoms with van der Waals surface area (Å²) in [6.45, 7) is 5.44. The number of nitrogens with two attached hydrogens (primary N) is 1. The number of pyridine rings is 1. The molecular formula is C12H17BrN2O2. The van der Waals surface area contributed by atoms with Gasteiger partial charge >= 0.3 is 5.97 Å². The molecule has 0 aliphatic carbocycles. The number of ether oxygens (including phenoxy) is 1. The zero-order valence-electron chi connectivity index (χ0n) is 10.2. The first-order chi connectivity index (χ1) is 7.78. The van der Waals surface area contributed by atoms with Crippen molar-refractivity contribution in [1.82, 2.24) is 4.98 Å². The lowest BCUT2D eigenvalue weighted by molar-refractivity contribution is -0.156. The largest absolute Gasteiger partial charge is 0.459 e. The molecule has 1 aromatic rings. The van der Waals surface area contributed by atoms with Gasteiger partial charge in [-0.1, -0.05) is 15.9 Å². The van der Waals surface area contributed by atoms with Crippen molar-refractivity contribution in [2.45, 2.75) is 38.8 Å². The van der Waals surface area contributed by atoms with E-state index in [4.69, 9.17) is 10.5 Å². The van der Waals surface area contributed by atoms with E-state index in [0.717, 1.165) is 10.2 Å². The van der Waals surface area contributed by atoms with Crippen LogP contribution in [0.2, 0.25) is 0 Å². The van der Waals surface area contributed by atoms with Gasteiger partial charge in [-0.15, -0.1) is 0 Å². The molecule has 0 saturated carbocycles. The van der Waals surface area contributed by atoms with Crippen molar-refractivity contribution in [3.63, 3.8) is 0 Å². The molecule has 94 valence electrons. The highest BCUT2D eigenvalue weighted by Gasteiger charge is 2.22. The van der Waals surface area contributed by atoms with Crippen molar-refractivity contribution >= 4 is 21.9 Å². The lowest BCUT2D eigenvalue weighted by Crippen LogP contribution is -2.39. The van der Waals surface area contributed by atoms with Crippen LogP contribution in [0.3, 0.4) is 0 Å². The SMILES string of the molecule is CC(C)(C)OC(=O)[C@@H](N)Cc1cc(Br)ccn1. The minimum atomic E-state index is -0.684. The summed E-state index contributed by atoms with van der Waals surface area (Å²) in [5.74, 6) is -0.403. The van der Waals surface area contributed by atoms with Crippen LogP contribution in [0.5, 0.6) is 0 Å². The summed E-state index contributed by atoms with van der Waals surface area (Å²) >= 11 is 3.34. The number of carbonyl (C=O) groups excluding carboxylic acids is 1. The van der Waals surface area contributed by atoms with Crippen LogP contribution in [0.4, 0.5) is 0 Å². The molecule has 0 unspecified atom stereocenters. The summed E-state index contributed by atoms with van der Waals surface area (Å²) in [6.07, 6.45) is 2.04. The fourth-order valence-electron chi connectivity index (χ4n) is 1.25. The third-order valence-electron chi connectivity index (χ3n) is 1.92. The van der Waals surface area contributed by atoms with Crippen molar-refractivity contribution in [1.29, 1.82) is 0 Å². The number of esters is 1. The maximum Gasteiger partial charge on any atom is 0.323 e. The van der Waals surface area contributed by atoms with Gasteiger partial charge in [0.05, 0.1) is 0 Å². The second-order valence-electron chi connectivity index (χ2n) is 4.81. The molecule has 0 aromatic carbocycles. The maximum atomic E-state index is 11.7. The third kappa shape index (κ3) is 5.28. The van der Waals surface area contributed by atoms with Crippen molar-refractivity contribution in [2.24, 2.45) is 5.73 Å². The van der Waals surface area contributed by atoms with Crippen molar-refractivity contribution in [2.75, 3.05) is 0 Å². The van der Waals surface area contributed by atoms with Crippen LogP contribution in [0, 0.1) is 0 Å². The number of hydrogen-bond donors (Lipinski definition) is 1. The first-order valence-corrected chi connectivity index (χ1v) is 6.16. The van der Waals surface area contributed by atoms with Crippen LogP contribution >= 0.6 is 15.9 Å². The predicted octanol–water partition coefficient (Wildman–Crippen LogP) is 2.06. The average Bonchev–Trinajstić information content (AvgIpc) is 2.14. The average molecular weight is 301 g/mol. The first-order valence-electron chi connectivity index (χ1n) is 5.37. The molecule has 0 bridgehead atoms. The second kappa shape index (κ2) is 5.60. The molecule has 5 heteroatoms. The zero-order chi connectivity index (χ0) is 13.1. The fraction of sp³-hybridized carbons (Fsp3) is 0.500. The van der Waals surface area contributed by atoms with Gasteiger partial charge in [0, 0.05) is 22.8 Å². The Bertz CT molecular complexity index is 402. The van der Waals surface area contributed by atoms with Crippen LogP contribution < -0.4 is 5.73 Å². The molecule has 0 fully saturated rings. The van der Waals surface area contributed by atoms with Gasteiger partial charge in [0.15, 0.2) is 0 Å². The smallest absolute Gasteiger partial charge is 0.323 e. The van der Waals surface area contributed by atoms with Gasteiger partial charge in [-0.05, 0) is 32.9 Å². The summed E-state index contributed by atoms with van der Waals surface area (Å²) in [5, 5.41) is 0. The topological polar surface area (TPSA) is 65.2 Å². The van der Waals surface area contributed by atoms with Gasteiger partial charge in [0.25, 0.3) is 0 Å². The molecule has 0 saturated heterocycles. The summed E-state index contributed by atoms with van der Waals surface area (Å²) in [4.78, 5) is 15.8. The molecule has 0 amide bonds. The number of carbonyl (C=O) groups is 1. The molecule has 2 N–H and O–H groups in total. The number of hydrogen-bond acceptors (Lipinski definition) is 4. The van der Waals surface area contributed by atoms with Gasteiger partial charge in [-0.3, -0.25) is 9.78 Å². The Morgan fingerprint density at radius 3 is 2.76 bits per heavy atom. The minimum Gasteiger partial charge on any atom is -0.459 e. The summed E-state index contributed by atoms with van der Waals surface area (Å²) in [6, 6.07) is 2.98. The van der Waals surface area contributed by atoms with Gasteiger partial charge in [-0.25, -0.2) is 0 Å². The van der Waals surface area contributed by atoms with Crippen molar-refractivity contribution < 1.29 is 9.53 Å². The van der Waals surface area contributed by atoms with Gasteiger partial charge < -0.3 is 10.5 Å². The van der Waals surface area contributed by atoms with E-state index in [0.29, 0.717) is 6.42 Å². The van der Waals surface area contributed by atoms with Crippen molar-refractivity contribution in [3.05, 3.63) is 28.5 Å². The predicted molar refractivity (Wildman–Crippen MR) is 69.5 cm³/mol. The Morgan fingerprint density at radius 1 is 1.59 bits per heavy atom. The molecule has 1 heterocycles. The van der Waals surface area contributed by atoms with Crippen LogP contribution in [0.15, 0.2) is 22.8 Å². The Balaban J connectivity index is 2.60. The van der Waals surface area contributed by atoms with Crippen LogP contribution in [-0.2, 0) is 16.0 Å². The summed E-state index contributed by atoms with van der Waals surface area (Å²) < 4.78 is 6.11. The molecule has 0 aliphatic rings. The van der Waals surface area contributed by atoms with E-state index >= 15 is 0 Å². The summed E-state index contributed by atoms with van der Waals surface area (Å²) in [5.41, 5.74) is 6.02. The maximum absolute atomic E-state index is 11.7. The van der Waals surface area contributed by atoms with E-state index in [2.05, 4.69) is 20.9 Å². The Morgan fingerprint density at radius 2 is 2.24 bits per heavy atom. The zero-order valence-corrected chi connectivity index (χ0v) is 11.8. The molecule has 17 heavy (non-hydrogen) atoms. The second-order valence-corrected chi connectivity index (χ2v) is 5.73. The first kappa shape index (κ1) is 14.1. The lowest BCUT2D eigenvalue weighted by Gasteiger charge is -2.22. The molecule has 1 aromatic heterocycles. The van der Waals surface area contributed by atoms with Crippen LogP contribution in [-0.4, -0.2) is 22.6 Å². The third-order valence-corrected chi connectivity index (χ3v) is 2.41. The number of rotatable bonds is 3. The fourth-order valence-corrected chi connectivity index (χ4v) is 1.63. The number of aromatic nitrogens is 1. The van der Waals surface area contributed by atoms with E-state index in [9.17, 15) is 4.79 Å². The van der Waals surface area contributed by atoms with E-state index in [-0.39, 0.29) is 0 Å². The highest BCUT2D eigenvalue weighted by atomic mass is 79.9. The number of halogens is 1. The highest BCUT2D eigenvalue weighted by molar-refractivity contribution is 9.10. The molecule has 0 spiro atoms. The molecule has 0 radical (unpaired) electrons. The van der Waals surface area contributed by atoms with E-state index in [1.54, 1.807) is 6.20 Å². The van der Waals surface area contributed by atoms with Gasteiger partial charge in [-0.2, -0.15) is 0 Å². The van der Waals surface area contributed by atoms with Crippen LogP contribution in [0.25, 0.3) is 0 Å². The molecule has 1 atom stereocenters. The summed E-state index contributed by atoms with van der Waals surface area (Å²) in [7, 11) is 0.